The number of nitro groups is 1. The molecule has 2 aromatic rings. The van der Waals surface area contributed by atoms with E-state index in [2.05, 4.69) is 4.98 Å². The average Bonchev–Trinajstić information content (AvgIpc) is 2.71. The van der Waals surface area contributed by atoms with Crippen molar-refractivity contribution >= 4 is 5.88 Å². The lowest BCUT2D eigenvalue weighted by molar-refractivity contribution is -0.401. The molecule has 0 saturated heterocycles. The maximum atomic E-state index is 10.4. The lowest BCUT2D eigenvalue weighted by Gasteiger charge is -1.95. The van der Waals surface area contributed by atoms with E-state index in [0.29, 0.717) is 11.5 Å². The zero-order chi connectivity index (χ0) is 10.1. The third kappa shape index (κ3) is 1.26. The Morgan fingerprint density at radius 2 is 2.36 bits per heavy atom. The van der Waals surface area contributed by atoms with Crippen molar-refractivity contribution < 1.29 is 9.34 Å². The Balaban J connectivity index is 2.43. The summed E-state index contributed by atoms with van der Waals surface area (Å²) in [7, 11) is 1.79. The Kier molecular flexibility index (Phi) is 1.81. The number of furan rings is 1. The van der Waals surface area contributed by atoms with E-state index in [1.54, 1.807) is 30.2 Å². The second-order valence-electron chi connectivity index (χ2n) is 2.78. The standard InChI is InChI=1S/C8H7N3O3/c1-10-5-9-4-6(10)7-2-3-8(14-7)11(12)13/h2-5H,1H3. The molecule has 0 spiro atoms. The molecule has 0 aliphatic carbocycles. The quantitative estimate of drug-likeness (QED) is 0.536. The van der Waals surface area contributed by atoms with E-state index in [9.17, 15) is 10.1 Å². The first-order valence-electron chi connectivity index (χ1n) is 3.89. The predicted octanol–water partition coefficient (Wildman–Crippen LogP) is 1.59. The summed E-state index contributed by atoms with van der Waals surface area (Å²) >= 11 is 0. The molecule has 0 saturated carbocycles. The van der Waals surface area contributed by atoms with Gasteiger partial charge in [-0.05, 0) is 6.07 Å². The topological polar surface area (TPSA) is 74.1 Å². The van der Waals surface area contributed by atoms with E-state index in [4.69, 9.17) is 4.42 Å². The van der Waals surface area contributed by atoms with Gasteiger partial charge in [-0.3, -0.25) is 10.1 Å². The van der Waals surface area contributed by atoms with Gasteiger partial charge in [0.25, 0.3) is 0 Å². The van der Waals surface area contributed by atoms with Gasteiger partial charge in [0.05, 0.1) is 18.6 Å². The number of rotatable bonds is 2. The van der Waals surface area contributed by atoms with Crippen LogP contribution in [-0.2, 0) is 7.05 Å². The van der Waals surface area contributed by atoms with Crippen LogP contribution in [0.25, 0.3) is 11.5 Å². The van der Waals surface area contributed by atoms with Crippen molar-refractivity contribution in [2.45, 2.75) is 0 Å². The van der Waals surface area contributed by atoms with Crippen LogP contribution < -0.4 is 0 Å². The molecule has 72 valence electrons. The second kappa shape index (κ2) is 2.99. The summed E-state index contributed by atoms with van der Waals surface area (Å²) in [6, 6.07) is 2.87. The van der Waals surface area contributed by atoms with Crippen LogP contribution in [0, 0.1) is 10.1 Å². The van der Waals surface area contributed by atoms with Gasteiger partial charge in [-0.25, -0.2) is 4.98 Å². The molecule has 2 aromatic heterocycles. The minimum atomic E-state index is -0.570. The molecule has 0 N–H and O–H groups in total. The minimum absolute atomic E-state index is 0.263. The Morgan fingerprint density at radius 3 is 2.86 bits per heavy atom. The van der Waals surface area contributed by atoms with Gasteiger partial charge >= 0.3 is 5.88 Å². The monoisotopic (exact) mass is 193 g/mol. The molecule has 2 heterocycles. The molecule has 0 radical (unpaired) electrons. The van der Waals surface area contributed by atoms with E-state index >= 15 is 0 Å². The van der Waals surface area contributed by atoms with Crippen molar-refractivity contribution in [3.8, 4) is 11.5 Å². The molecule has 6 nitrogen and oxygen atoms in total. The summed E-state index contributed by atoms with van der Waals surface area (Å²) in [5, 5.41) is 10.4. The first-order chi connectivity index (χ1) is 6.68. The molecule has 14 heavy (non-hydrogen) atoms. The van der Waals surface area contributed by atoms with Gasteiger partial charge in [0, 0.05) is 7.05 Å². The summed E-state index contributed by atoms with van der Waals surface area (Å²) < 4.78 is 6.74. The Hall–Kier alpha value is -2.11. The van der Waals surface area contributed by atoms with Crippen LogP contribution in [0.3, 0.4) is 0 Å². The highest BCUT2D eigenvalue weighted by Crippen LogP contribution is 2.24. The van der Waals surface area contributed by atoms with Crippen LogP contribution in [0.2, 0.25) is 0 Å². The van der Waals surface area contributed by atoms with E-state index in [-0.39, 0.29) is 5.88 Å². The Morgan fingerprint density at radius 1 is 1.57 bits per heavy atom. The van der Waals surface area contributed by atoms with Gasteiger partial charge in [-0.1, -0.05) is 0 Å². The van der Waals surface area contributed by atoms with Gasteiger partial charge in [0.2, 0.25) is 0 Å². The minimum Gasteiger partial charge on any atom is -0.399 e. The van der Waals surface area contributed by atoms with E-state index in [0.717, 1.165) is 0 Å². The molecule has 0 amide bonds. The lowest BCUT2D eigenvalue weighted by atomic mass is 10.3. The number of nitrogens with zero attached hydrogens (tertiary/aromatic N) is 3. The van der Waals surface area contributed by atoms with Crippen LogP contribution in [0.4, 0.5) is 5.88 Å². The third-order valence-corrected chi connectivity index (χ3v) is 1.84. The van der Waals surface area contributed by atoms with Crippen molar-refractivity contribution in [3.63, 3.8) is 0 Å². The van der Waals surface area contributed by atoms with Crippen molar-refractivity contribution in [2.24, 2.45) is 7.05 Å². The largest absolute Gasteiger partial charge is 0.433 e. The van der Waals surface area contributed by atoms with E-state index < -0.39 is 4.92 Å². The normalized spacial score (nSPS) is 10.4. The number of aromatic nitrogens is 2. The van der Waals surface area contributed by atoms with Gasteiger partial charge in [0.1, 0.15) is 10.6 Å². The Labute approximate surface area is 78.9 Å². The van der Waals surface area contributed by atoms with Crippen molar-refractivity contribution in [1.82, 2.24) is 9.55 Å². The number of hydrogen-bond donors (Lipinski definition) is 0. The number of imidazole rings is 1. The van der Waals surface area contributed by atoms with Gasteiger partial charge in [0.15, 0.2) is 5.76 Å². The van der Waals surface area contributed by atoms with Gasteiger partial charge in [-0.2, -0.15) is 0 Å². The molecule has 0 bridgehead atoms. The predicted molar refractivity (Wildman–Crippen MR) is 47.6 cm³/mol. The molecular formula is C8H7N3O3. The molecule has 0 fully saturated rings. The molecule has 0 aliphatic heterocycles. The molecule has 2 rings (SSSR count). The molecule has 0 aromatic carbocycles. The van der Waals surface area contributed by atoms with Crippen LogP contribution in [0.15, 0.2) is 29.1 Å². The fourth-order valence-electron chi connectivity index (χ4n) is 1.16. The van der Waals surface area contributed by atoms with Crippen LogP contribution in [0.5, 0.6) is 0 Å². The number of hydrogen-bond acceptors (Lipinski definition) is 4. The first-order valence-corrected chi connectivity index (χ1v) is 3.89. The highest BCUT2D eigenvalue weighted by atomic mass is 16.6. The maximum Gasteiger partial charge on any atom is 0.433 e. The van der Waals surface area contributed by atoms with Crippen LogP contribution in [0.1, 0.15) is 0 Å². The van der Waals surface area contributed by atoms with E-state index in [1.165, 1.54) is 6.07 Å². The molecule has 0 unspecified atom stereocenters. The summed E-state index contributed by atoms with van der Waals surface area (Å²) in [4.78, 5) is 13.7. The summed E-state index contributed by atoms with van der Waals surface area (Å²) in [6.07, 6.45) is 3.19. The zero-order valence-electron chi connectivity index (χ0n) is 7.38. The SMILES string of the molecule is Cn1cncc1-c1ccc([N+](=O)[O-])o1. The average molecular weight is 193 g/mol. The molecule has 6 heteroatoms. The summed E-state index contributed by atoms with van der Waals surface area (Å²) in [5.74, 6) is 0.179. The molecule has 0 atom stereocenters. The molecular weight excluding hydrogens is 186 g/mol. The van der Waals surface area contributed by atoms with Crippen LogP contribution >= 0.6 is 0 Å². The maximum absolute atomic E-state index is 10.4. The van der Waals surface area contributed by atoms with Gasteiger partial charge in [-0.15, -0.1) is 0 Å². The van der Waals surface area contributed by atoms with Crippen molar-refractivity contribution in [3.05, 3.63) is 34.8 Å². The fraction of sp³-hybridized carbons (Fsp3) is 0.125. The highest BCUT2D eigenvalue weighted by molar-refractivity contribution is 5.53. The molecule has 0 aliphatic rings. The first kappa shape index (κ1) is 8.49. The van der Waals surface area contributed by atoms with Crippen LogP contribution in [-0.4, -0.2) is 14.5 Å². The van der Waals surface area contributed by atoms with Crippen molar-refractivity contribution in [2.75, 3.05) is 0 Å². The smallest absolute Gasteiger partial charge is 0.399 e. The van der Waals surface area contributed by atoms with E-state index in [1.807, 2.05) is 0 Å². The lowest BCUT2D eigenvalue weighted by Crippen LogP contribution is -1.87. The second-order valence-corrected chi connectivity index (χ2v) is 2.78. The summed E-state index contributed by atoms with van der Waals surface area (Å²) in [6.45, 7) is 0. The Bertz CT molecular complexity index is 472. The number of aryl methyl sites for hydroxylation is 1. The fourth-order valence-corrected chi connectivity index (χ4v) is 1.16. The zero-order valence-corrected chi connectivity index (χ0v) is 7.38. The summed E-state index contributed by atoms with van der Waals surface area (Å²) in [5.41, 5.74) is 0.707. The third-order valence-electron chi connectivity index (χ3n) is 1.84. The highest BCUT2D eigenvalue weighted by Gasteiger charge is 2.14. The van der Waals surface area contributed by atoms with Crippen molar-refractivity contribution in [1.29, 1.82) is 0 Å². The van der Waals surface area contributed by atoms with Gasteiger partial charge < -0.3 is 8.98 Å².